The van der Waals surface area contributed by atoms with Gasteiger partial charge in [0.25, 0.3) is 5.91 Å². The van der Waals surface area contributed by atoms with E-state index in [-0.39, 0.29) is 5.91 Å². The fraction of sp³-hybridized carbons (Fsp3) is 0.176. The Morgan fingerprint density at radius 2 is 2.05 bits per heavy atom. The lowest BCUT2D eigenvalue weighted by molar-refractivity contribution is 0.0954. The summed E-state index contributed by atoms with van der Waals surface area (Å²) in [5.41, 5.74) is 3.68. The third kappa shape index (κ3) is 3.28. The molecule has 5 heteroatoms. The van der Waals surface area contributed by atoms with E-state index in [1.807, 2.05) is 35.9 Å². The highest BCUT2D eigenvalue weighted by Gasteiger charge is 2.06. The highest BCUT2D eigenvalue weighted by atomic mass is 35.5. The van der Waals surface area contributed by atoms with Crippen molar-refractivity contribution in [2.24, 2.45) is 0 Å². The second kappa shape index (κ2) is 6.20. The molecule has 0 radical (unpaired) electrons. The maximum absolute atomic E-state index is 12.0. The molecule has 22 heavy (non-hydrogen) atoms. The zero-order chi connectivity index (χ0) is 15.5. The summed E-state index contributed by atoms with van der Waals surface area (Å²) in [6.45, 7) is 2.59. The van der Waals surface area contributed by atoms with Gasteiger partial charge in [0.1, 0.15) is 5.65 Å². The molecule has 0 aliphatic rings. The minimum absolute atomic E-state index is 0.101. The average molecular weight is 314 g/mol. The molecule has 0 atom stereocenters. The molecular weight excluding hydrogens is 298 g/mol. The van der Waals surface area contributed by atoms with Crippen LogP contribution in [0.2, 0.25) is 5.02 Å². The van der Waals surface area contributed by atoms with Gasteiger partial charge in [-0.2, -0.15) is 0 Å². The molecule has 0 unspecified atom stereocenters. The van der Waals surface area contributed by atoms with Crippen LogP contribution in [0.5, 0.6) is 0 Å². The van der Waals surface area contributed by atoms with Crippen molar-refractivity contribution in [1.29, 1.82) is 0 Å². The Kier molecular flexibility index (Phi) is 4.11. The number of rotatable bonds is 4. The van der Waals surface area contributed by atoms with Crippen LogP contribution in [0.3, 0.4) is 0 Å². The van der Waals surface area contributed by atoms with E-state index in [9.17, 15) is 4.79 Å². The summed E-state index contributed by atoms with van der Waals surface area (Å²) in [7, 11) is 0. The first kappa shape index (κ1) is 14.6. The van der Waals surface area contributed by atoms with Gasteiger partial charge in [0.15, 0.2) is 0 Å². The van der Waals surface area contributed by atoms with E-state index >= 15 is 0 Å². The number of hydrogen-bond donors (Lipinski definition) is 1. The molecule has 1 aromatic carbocycles. The predicted molar refractivity (Wildman–Crippen MR) is 87.4 cm³/mol. The Labute approximate surface area is 133 Å². The van der Waals surface area contributed by atoms with Gasteiger partial charge < -0.3 is 9.72 Å². The lowest BCUT2D eigenvalue weighted by Gasteiger charge is -2.03. The van der Waals surface area contributed by atoms with Gasteiger partial charge in [-0.1, -0.05) is 11.6 Å². The number of nitrogens with one attached hydrogen (secondary N) is 1. The van der Waals surface area contributed by atoms with Crippen LogP contribution in [-0.2, 0) is 6.42 Å². The monoisotopic (exact) mass is 313 g/mol. The first-order valence-corrected chi connectivity index (χ1v) is 7.47. The molecule has 0 spiro atoms. The van der Waals surface area contributed by atoms with E-state index in [1.54, 1.807) is 24.3 Å². The number of aryl methyl sites for hydroxylation is 1. The highest BCUT2D eigenvalue weighted by Crippen LogP contribution is 2.10. The number of nitrogens with zero attached hydrogens (tertiary/aromatic N) is 2. The summed E-state index contributed by atoms with van der Waals surface area (Å²) < 4.78 is 1.99. The minimum Gasteiger partial charge on any atom is -0.352 e. The maximum Gasteiger partial charge on any atom is 0.251 e. The van der Waals surface area contributed by atoms with Crippen LogP contribution in [-0.4, -0.2) is 21.8 Å². The van der Waals surface area contributed by atoms with Crippen LogP contribution in [0.25, 0.3) is 5.65 Å². The fourth-order valence-electron chi connectivity index (χ4n) is 2.26. The van der Waals surface area contributed by atoms with Gasteiger partial charge in [-0.15, -0.1) is 0 Å². The van der Waals surface area contributed by atoms with Crippen molar-refractivity contribution >= 4 is 23.2 Å². The smallest absolute Gasteiger partial charge is 0.251 e. The fourth-order valence-corrected chi connectivity index (χ4v) is 2.39. The zero-order valence-electron chi connectivity index (χ0n) is 12.2. The molecule has 0 fully saturated rings. The molecular formula is C17H16ClN3O. The summed E-state index contributed by atoms with van der Waals surface area (Å²) in [5.74, 6) is -0.101. The van der Waals surface area contributed by atoms with Crippen molar-refractivity contribution in [2.75, 3.05) is 6.54 Å². The summed E-state index contributed by atoms with van der Waals surface area (Å²) in [6, 6.07) is 10.9. The topological polar surface area (TPSA) is 46.4 Å². The first-order chi connectivity index (χ1) is 10.6. The quantitative estimate of drug-likeness (QED) is 0.803. The lowest BCUT2D eigenvalue weighted by Crippen LogP contribution is -2.25. The second-order valence-electron chi connectivity index (χ2n) is 5.21. The molecule has 2 aromatic heterocycles. The summed E-state index contributed by atoms with van der Waals surface area (Å²) in [6.07, 6.45) is 4.68. The molecule has 0 saturated carbocycles. The highest BCUT2D eigenvalue weighted by molar-refractivity contribution is 6.30. The second-order valence-corrected chi connectivity index (χ2v) is 5.65. The Hall–Kier alpha value is -2.33. The van der Waals surface area contributed by atoms with Crippen LogP contribution in [0.1, 0.15) is 21.6 Å². The third-order valence-corrected chi connectivity index (χ3v) is 3.69. The minimum atomic E-state index is -0.101. The molecule has 4 nitrogen and oxygen atoms in total. The standard InChI is InChI=1S/C17H16ClN3O/c1-12-7-9-21-11-15(20-16(21)10-12)6-8-19-17(22)13-2-4-14(18)5-3-13/h2-5,7,9-11H,6,8H2,1H3,(H,19,22). The van der Waals surface area contributed by atoms with Crippen molar-refractivity contribution < 1.29 is 4.79 Å². The van der Waals surface area contributed by atoms with E-state index in [2.05, 4.69) is 10.3 Å². The number of pyridine rings is 1. The summed E-state index contributed by atoms with van der Waals surface area (Å²) in [4.78, 5) is 16.5. The Morgan fingerprint density at radius 1 is 1.27 bits per heavy atom. The van der Waals surface area contributed by atoms with E-state index in [0.717, 1.165) is 11.3 Å². The van der Waals surface area contributed by atoms with Crippen LogP contribution in [0.4, 0.5) is 0 Å². The third-order valence-electron chi connectivity index (χ3n) is 3.44. The molecule has 1 N–H and O–H groups in total. The molecule has 2 heterocycles. The van der Waals surface area contributed by atoms with Crippen molar-refractivity contribution in [1.82, 2.24) is 14.7 Å². The molecule has 0 saturated heterocycles. The number of imidazole rings is 1. The summed E-state index contributed by atoms with van der Waals surface area (Å²) >= 11 is 5.81. The molecule has 3 aromatic rings. The van der Waals surface area contributed by atoms with Gasteiger partial charge in [-0.3, -0.25) is 4.79 Å². The normalized spacial score (nSPS) is 10.8. The van der Waals surface area contributed by atoms with Gasteiger partial charge in [-0.05, 0) is 48.9 Å². The van der Waals surface area contributed by atoms with Gasteiger partial charge in [-0.25, -0.2) is 4.98 Å². The number of amides is 1. The number of hydrogen-bond acceptors (Lipinski definition) is 2. The average Bonchev–Trinajstić information content (AvgIpc) is 2.89. The van der Waals surface area contributed by atoms with Gasteiger partial charge in [0, 0.05) is 35.9 Å². The van der Waals surface area contributed by atoms with Crippen molar-refractivity contribution in [3.63, 3.8) is 0 Å². The van der Waals surface area contributed by atoms with Crippen molar-refractivity contribution in [3.05, 3.63) is 70.6 Å². The van der Waals surface area contributed by atoms with Crippen LogP contribution >= 0.6 is 11.6 Å². The van der Waals surface area contributed by atoms with E-state index in [0.29, 0.717) is 23.6 Å². The number of halogens is 1. The number of aromatic nitrogens is 2. The van der Waals surface area contributed by atoms with E-state index < -0.39 is 0 Å². The van der Waals surface area contributed by atoms with Gasteiger partial charge >= 0.3 is 0 Å². The lowest BCUT2D eigenvalue weighted by atomic mass is 10.2. The van der Waals surface area contributed by atoms with Gasteiger partial charge in [0.05, 0.1) is 5.69 Å². The first-order valence-electron chi connectivity index (χ1n) is 7.10. The largest absolute Gasteiger partial charge is 0.352 e. The molecule has 3 rings (SSSR count). The van der Waals surface area contributed by atoms with Crippen LogP contribution in [0.15, 0.2) is 48.8 Å². The number of fused-ring (bicyclic) bond motifs is 1. The number of benzene rings is 1. The predicted octanol–water partition coefficient (Wildman–Crippen LogP) is 3.27. The molecule has 1 amide bonds. The molecule has 0 aliphatic heterocycles. The Balaban J connectivity index is 1.59. The molecule has 112 valence electrons. The van der Waals surface area contributed by atoms with Crippen molar-refractivity contribution in [2.45, 2.75) is 13.3 Å². The number of carbonyl (C=O) groups excluding carboxylic acids is 1. The zero-order valence-corrected chi connectivity index (χ0v) is 13.0. The molecule has 0 bridgehead atoms. The van der Waals surface area contributed by atoms with Crippen LogP contribution in [0, 0.1) is 6.92 Å². The van der Waals surface area contributed by atoms with E-state index in [4.69, 9.17) is 11.6 Å². The van der Waals surface area contributed by atoms with Crippen LogP contribution < -0.4 is 5.32 Å². The van der Waals surface area contributed by atoms with Crippen molar-refractivity contribution in [3.8, 4) is 0 Å². The molecule has 0 aliphatic carbocycles. The maximum atomic E-state index is 12.0. The summed E-state index contributed by atoms with van der Waals surface area (Å²) in [5, 5.41) is 3.51. The van der Waals surface area contributed by atoms with Gasteiger partial charge in [0.2, 0.25) is 0 Å². The SMILES string of the molecule is Cc1ccn2cc(CCNC(=O)c3ccc(Cl)cc3)nc2c1. The number of carbonyl (C=O) groups is 1. The Morgan fingerprint density at radius 3 is 2.82 bits per heavy atom. The Bertz CT molecular complexity index is 808. The van der Waals surface area contributed by atoms with E-state index in [1.165, 1.54) is 5.56 Å².